The van der Waals surface area contributed by atoms with Crippen LogP contribution in [0.1, 0.15) is 60.5 Å². The second kappa shape index (κ2) is 11.2. The fraction of sp³-hybridized carbons (Fsp3) is 0.481. The minimum atomic E-state index is -0.0425. The molecule has 0 aliphatic carbocycles. The van der Waals surface area contributed by atoms with E-state index in [1.165, 1.54) is 31.4 Å². The second-order valence-corrected chi connectivity index (χ2v) is 9.86. The Balaban J connectivity index is 1.21. The molecule has 1 unspecified atom stereocenters. The molecule has 0 radical (unpaired) electrons. The quantitative estimate of drug-likeness (QED) is 0.658. The fourth-order valence-electron chi connectivity index (χ4n) is 4.84. The standard InChI is InChI=1S/C27H34ClN3O2/c1-20-4-2-3-15-31(20)19-22-7-5-21(6-8-22)18-29-26(32)23-13-16-30(17-14-23)27(33)24-9-11-25(28)12-10-24/h5-12,20,23H,2-4,13-19H2,1H3,(H,29,32). The van der Waals surface area contributed by atoms with E-state index >= 15 is 0 Å². The lowest BCUT2D eigenvalue weighted by Crippen LogP contribution is -2.42. The molecule has 0 saturated carbocycles. The van der Waals surface area contributed by atoms with Gasteiger partial charge in [-0.2, -0.15) is 0 Å². The molecule has 2 saturated heterocycles. The smallest absolute Gasteiger partial charge is 0.253 e. The average molecular weight is 468 g/mol. The van der Waals surface area contributed by atoms with Crippen molar-refractivity contribution in [1.82, 2.24) is 15.1 Å². The van der Waals surface area contributed by atoms with E-state index in [4.69, 9.17) is 11.6 Å². The lowest BCUT2D eigenvalue weighted by atomic mass is 9.95. The molecular weight excluding hydrogens is 434 g/mol. The van der Waals surface area contributed by atoms with Gasteiger partial charge >= 0.3 is 0 Å². The van der Waals surface area contributed by atoms with Crippen LogP contribution in [-0.2, 0) is 17.9 Å². The van der Waals surface area contributed by atoms with E-state index < -0.39 is 0 Å². The maximum absolute atomic E-state index is 12.7. The summed E-state index contributed by atoms with van der Waals surface area (Å²) in [5.74, 6) is 0.0449. The van der Waals surface area contributed by atoms with E-state index in [1.54, 1.807) is 24.3 Å². The van der Waals surface area contributed by atoms with E-state index in [1.807, 2.05) is 4.90 Å². The molecule has 2 aliphatic heterocycles. The maximum atomic E-state index is 12.7. The van der Waals surface area contributed by atoms with Gasteiger partial charge in [0.05, 0.1) is 0 Å². The molecule has 2 aromatic rings. The monoisotopic (exact) mass is 467 g/mol. The highest BCUT2D eigenvalue weighted by Crippen LogP contribution is 2.21. The van der Waals surface area contributed by atoms with Crippen LogP contribution in [0.25, 0.3) is 0 Å². The summed E-state index contributed by atoms with van der Waals surface area (Å²) >= 11 is 5.91. The number of halogens is 1. The second-order valence-electron chi connectivity index (χ2n) is 9.42. The van der Waals surface area contributed by atoms with Gasteiger partial charge in [-0.25, -0.2) is 0 Å². The van der Waals surface area contributed by atoms with E-state index in [0.29, 0.717) is 49.1 Å². The predicted octanol–water partition coefficient (Wildman–Crippen LogP) is 4.88. The van der Waals surface area contributed by atoms with Gasteiger partial charge in [0.2, 0.25) is 5.91 Å². The van der Waals surface area contributed by atoms with Crippen molar-refractivity contribution in [3.05, 3.63) is 70.2 Å². The molecule has 2 fully saturated rings. The van der Waals surface area contributed by atoms with Crippen LogP contribution < -0.4 is 5.32 Å². The molecule has 2 heterocycles. The number of carbonyl (C=O) groups excluding carboxylic acids is 2. The van der Waals surface area contributed by atoms with Crippen LogP contribution >= 0.6 is 11.6 Å². The SMILES string of the molecule is CC1CCCCN1Cc1ccc(CNC(=O)C2CCN(C(=O)c3ccc(Cl)cc3)CC2)cc1. The van der Waals surface area contributed by atoms with Gasteiger partial charge in [0.25, 0.3) is 5.91 Å². The number of likely N-dealkylation sites (tertiary alicyclic amines) is 2. The number of benzene rings is 2. The van der Waals surface area contributed by atoms with Crippen LogP contribution in [0.3, 0.4) is 0 Å². The van der Waals surface area contributed by atoms with E-state index in [-0.39, 0.29) is 17.7 Å². The van der Waals surface area contributed by atoms with E-state index in [9.17, 15) is 9.59 Å². The first-order valence-corrected chi connectivity index (χ1v) is 12.5. The largest absolute Gasteiger partial charge is 0.352 e. The number of piperidine rings is 2. The van der Waals surface area contributed by atoms with Crippen LogP contribution in [0, 0.1) is 5.92 Å². The molecule has 2 aliphatic rings. The Kier molecular flexibility index (Phi) is 8.05. The van der Waals surface area contributed by atoms with Crippen LogP contribution in [0.2, 0.25) is 5.02 Å². The zero-order valence-electron chi connectivity index (χ0n) is 19.4. The third-order valence-corrected chi connectivity index (χ3v) is 7.31. The van der Waals surface area contributed by atoms with Crippen LogP contribution in [0.4, 0.5) is 0 Å². The molecule has 0 spiro atoms. The summed E-state index contributed by atoms with van der Waals surface area (Å²) in [5, 5.41) is 3.71. The topological polar surface area (TPSA) is 52.7 Å². The lowest BCUT2D eigenvalue weighted by Gasteiger charge is -2.33. The first-order valence-electron chi connectivity index (χ1n) is 12.1. The lowest BCUT2D eigenvalue weighted by molar-refractivity contribution is -0.126. The number of hydrogen-bond acceptors (Lipinski definition) is 3. The third-order valence-electron chi connectivity index (χ3n) is 7.06. The summed E-state index contributed by atoms with van der Waals surface area (Å²) in [5.41, 5.74) is 3.09. The first-order chi connectivity index (χ1) is 16.0. The molecule has 0 aromatic heterocycles. The van der Waals surface area contributed by atoms with Gasteiger partial charge in [0.1, 0.15) is 0 Å². The Morgan fingerprint density at radius 1 is 0.909 bits per heavy atom. The van der Waals surface area contributed by atoms with E-state index in [2.05, 4.69) is 41.4 Å². The van der Waals surface area contributed by atoms with Crippen LogP contribution in [-0.4, -0.2) is 47.3 Å². The average Bonchev–Trinajstić information content (AvgIpc) is 2.85. The summed E-state index contributed by atoms with van der Waals surface area (Å²) in [6.45, 7) is 6.25. The van der Waals surface area contributed by atoms with Crippen molar-refractivity contribution >= 4 is 23.4 Å². The minimum absolute atomic E-state index is 0.00422. The van der Waals surface area contributed by atoms with Gasteiger partial charge in [0.15, 0.2) is 0 Å². The third kappa shape index (κ3) is 6.36. The van der Waals surface area contributed by atoms with Crippen molar-refractivity contribution in [3.8, 4) is 0 Å². The molecule has 5 nitrogen and oxygen atoms in total. The van der Waals surface area contributed by atoms with Crippen molar-refractivity contribution in [1.29, 1.82) is 0 Å². The normalized spacial score (nSPS) is 19.9. The van der Waals surface area contributed by atoms with Gasteiger partial charge in [0, 0.05) is 48.7 Å². The highest BCUT2D eigenvalue weighted by Gasteiger charge is 2.27. The number of nitrogens with one attached hydrogen (secondary N) is 1. The summed E-state index contributed by atoms with van der Waals surface area (Å²) in [6, 6.07) is 16.2. The van der Waals surface area contributed by atoms with Gasteiger partial charge in [-0.1, -0.05) is 42.3 Å². The predicted molar refractivity (Wildman–Crippen MR) is 132 cm³/mol. The Bertz CT molecular complexity index is 937. The Morgan fingerprint density at radius 2 is 1.58 bits per heavy atom. The first kappa shape index (κ1) is 23.8. The van der Waals surface area contributed by atoms with Gasteiger partial charge in [-0.15, -0.1) is 0 Å². The van der Waals surface area contributed by atoms with Crippen molar-refractivity contribution in [3.63, 3.8) is 0 Å². The fourth-order valence-corrected chi connectivity index (χ4v) is 4.97. The number of amides is 2. The molecule has 1 N–H and O–H groups in total. The maximum Gasteiger partial charge on any atom is 0.253 e. The van der Waals surface area contributed by atoms with Crippen LogP contribution in [0.15, 0.2) is 48.5 Å². The zero-order chi connectivity index (χ0) is 23.2. The summed E-state index contributed by atoms with van der Waals surface area (Å²) < 4.78 is 0. The Labute approximate surface area is 202 Å². The number of rotatable bonds is 6. The molecule has 4 rings (SSSR count). The number of carbonyl (C=O) groups is 2. The molecule has 2 amide bonds. The summed E-state index contributed by atoms with van der Waals surface area (Å²) in [4.78, 5) is 29.7. The molecule has 33 heavy (non-hydrogen) atoms. The van der Waals surface area contributed by atoms with Crippen LogP contribution in [0.5, 0.6) is 0 Å². The molecular formula is C27H34ClN3O2. The molecule has 176 valence electrons. The van der Waals surface area contributed by atoms with Crippen molar-refractivity contribution in [2.45, 2.75) is 58.2 Å². The van der Waals surface area contributed by atoms with Gasteiger partial charge in [-0.05, 0) is 74.5 Å². The van der Waals surface area contributed by atoms with E-state index in [0.717, 1.165) is 12.1 Å². The highest BCUT2D eigenvalue weighted by atomic mass is 35.5. The Hall–Kier alpha value is -2.37. The van der Waals surface area contributed by atoms with Crippen molar-refractivity contribution in [2.24, 2.45) is 5.92 Å². The molecule has 1 atom stereocenters. The van der Waals surface area contributed by atoms with Crippen molar-refractivity contribution in [2.75, 3.05) is 19.6 Å². The Morgan fingerprint density at radius 3 is 2.24 bits per heavy atom. The molecule has 6 heteroatoms. The van der Waals surface area contributed by atoms with Gasteiger partial charge < -0.3 is 10.2 Å². The number of nitrogens with zero attached hydrogens (tertiary/aromatic N) is 2. The number of hydrogen-bond donors (Lipinski definition) is 1. The highest BCUT2D eigenvalue weighted by molar-refractivity contribution is 6.30. The summed E-state index contributed by atoms with van der Waals surface area (Å²) in [6.07, 6.45) is 5.31. The minimum Gasteiger partial charge on any atom is -0.352 e. The van der Waals surface area contributed by atoms with Gasteiger partial charge in [-0.3, -0.25) is 14.5 Å². The van der Waals surface area contributed by atoms with Crippen molar-refractivity contribution < 1.29 is 9.59 Å². The molecule has 2 aromatic carbocycles. The zero-order valence-corrected chi connectivity index (χ0v) is 20.2. The summed E-state index contributed by atoms with van der Waals surface area (Å²) in [7, 11) is 0. The molecule has 0 bridgehead atoms.